The number of carbonyl (C=O) groups is 1. The van der Waals surface area contributed by atoms with Crippen LogP contribution in [-0.2, 0) is 6.54 Å². The maximum absolute atomic E-state index is 13.8. The van der Waals surface area contributed by atoms with Crippen LogP contribution in [0.4, 0.5) is 15.8 Å². The van der Waals surface area contributed by atoms with E-state index >= 15 is 0 Å². The van der Waals surface area contributed by atoms with Crippen molar-refractivity contribution in [2.75, 3.05) is 11.1 Å². The lowest BCUT2D eigenvalue weighted by atomic mass is 10.1. The molecule has 0 aliphatic rings. The van der Waals surface area contributed by atoms with Crippen molar-refractivity contribution in [2.45, 2.75) is 6.54 Å². The normalized spacial score (nSPS) is 10.9. The number of fused-ring (bicyclic) bond motifs is 1. The number of nitrogens with zero attached hydrogens (tertiary/aromatic N) is 1. The van der Waals surface area contributed by atoms with Gasteiger partial charge in [0.1, 0.15) is 11.3 Å². The highest BCUT2D eigenvalue weighted by Gasteiger charge is 2.11. The Morgan fingerprint density at radius 3 is 2.54 bits per heavy atom. The Morgan fingerprint density at radius 2 is 1.79 bits per heavy atom. The molecule has 0 spiro atoms. The number of nitrogen functional groups attached to an aromatic ring is 1. The summed E-state index contributed by atoms with van der Waals surface area (Å²) in [4.78, 5) is 27.1. The second-order valence-electron chi connectivity index (χ2n) is 6.39. The van der Waals surface area contributed by atoms with Gasteiger partial charge in [-0.2, -0.15) is 0 Å². The number of para-hydroxylation sites is 3. The fourth-order valence-electron chi connectivity index (χ4n) is 3.05. The minimum atomic E-state index is -0.472. The van der Waals surface area contributed by atoms with Gasteiger partial charge in [0.05, 0.1) is 23.4 Å². The SMILES string of the molecule is Nc1ccccc1NC(=O)c1ccc(Cn2c(=O)[nH]c3c(F)cccc32)cc1. The van der Waals surface area contributed by atoms with Crippen LogP contribution < -0.4 is 16.7 Å². The highest BCUT2D eigenvalue weighted by atomic mass is 19.1. The number of hydrogen-bond acceptors (Lipinski definition) is 3. The highest BCUT2D eigenvalue weighted by molar-refractivity contribution is 6.05. The molecular formula is C21H17FN4O2. The van der Waals surface area contributed by atoms with Crippen LogP contribution in [0.25, 0.3) is 11.0 Å². The molecule has 0 unspecified atom stereocenters. The maximum atomic E-state index is 13.8. The van der Waals surface area contributed by atoms with Gasteiger partial charge in [0, 0.05) is 5.56 Å². The molecule has 140 valence electrons. The lowest BCUT2D eigenvalue weighted by Crippen LogP contribution is -2.17. The second-order valence-corrected chi connectivity index (χ2v) is 6.39. The molecule has 0 radical (unpaired) electrons. The van der Waals surface area contributed by atoms with Crippen LogP contribution in [-0.4, -0.2) is 15.5 Å². The number of H-pyrrole nitrogens is 1. The molecule has 7 heteroatoms. The number of rotatable bonds is 4. The number of benzene rings is 3. The molecule has 4 N–H and O–H groups in total. The minimum absolute atomic E-state index is 0.184. The quantitative estimate of drug-likeness (QED) is 0.477. The minimum Gasteiger partial charge on any atom is -0.397 e. The summed E-state index contributed by atoms with van der Waals surface area (Å²) in [6, 6.07) is 18.4. The number of imidazole rings is 1. The smallest absolute Gasteiger partial charge is 0.326 e. The Hall–Kier alpha value is -3.87. The van der Waals surface area contributed by atoms with E-state index in [1.807, 2.05) is 0 Å². The van der Waals surface area contributed by atoms with Crippen LogP contribution in [0.5, 0.6) is 0 Å². The average Bonchev–Trinajstić information content (AvgIpc) is 3.01. The highest BCUT2D eigenvalue weighted by Crippen LogP contribution is 2.19. The van der Waals surface area contributed by atoms with E-state index in [0.717, 1.165) is 5.56 Å². The Labute approximate surface area is 159 Å². The monoisotopic (exact) mass is 376 g/mol. The Kier molecular flexibility index (Phi) is 4.41. The Bertz CT molecular complexity index is 1230. The first kappa shape index (κ1) is 17.5. The van der Waals surface area contributed by atoms with E-state index in [2.05, 4.69) is 10.3 Å². The zero-order chi connectivity index (χ0) is 19.7. The van der Waals surface area contributed by atoms with Crippen molar-refractivity contribution in [3.05, 3.63) is 94.2 Å². The summed E-state index contributed by atoms with van der Waals surface area (Å²) in [6.45, 7) is 0.260. The molecule has 3 aromatic carbocycles. The van der Waals surface area contributed by atoms with Gasteiger partial charge in [-0.1, -0.05) is 30.3 Å². The van der Waals surface area contributed by atoms with Crippen LogP contribution in [0.3, 0.4) is 0 Å². The fourth-order valence-corrected chi connectivity index (χ4v) is 3.05. The molecule has 0 bridgehead atoms. The number of nitrogens with two attached hydrogens (primary N) is 1. The first-order valence-corrected chi connectivity index (χ1v) is 8.65. The van der Waals surface area contributed by atoms with Crippen molar-refractivity contribution in [2.24, 2.45) is 0 Å². The van der Waals surface area contributed by atoms with E-state index in [0.29, 0.717) is 22.5 Å². The van der Waals surface area contributed by atoms with Gasteiger partial charge in [0.2, 0.25) is 0 Å². The summed E-state index contributed by atoms with van der Waals surface area (Å²) in [6.07, 6.45) is 0. The van der Waals surface area contributed by atoms with Crippen molar-refractivity contribution in [1.29, 1.82) is 0 Å². The largest absolute Gasteiger partial charge is 0.397 e. The zero-order valence-electron chi connectivity index (χ0n) is 14.8. The molecular weight excluding hydrogens is 359 g/mol. The van der Waals surface area contributed by atoms with Crippen molar-refractivity contribution in [1.82, 2.24) is 9.55 Å². The predicted molar refractivity (Wildman–Crippen MR) is 107 cm³/mol. The van der Waals surface area contributed by atoms with E-state index in [-0.39, 0.29) is 23.7 Å². The Morgan fingerprint density at radius 1 is 1.04 bits per heavy atom. The molecule has 4 aromatic rings. The first-order chi connectivity index (χ1) is 13.5. The number of halogens is 1. The number of aromatic amines is 1. The number of hydrogen-bond donors (Lipinski definition) is 3. The van der Waals surface area contributed by atoms with Gasteiger partial charge in [0.15, 0.2) is 0 Å². The maximum Gasteiger partial charge on any atom is 0.326 e. The summed E-state index contributed by atoms with van der Waals surface area (Å²) >= 11 is 0. The molecule has 0 aliphatic carbocycles. The van der Waals surface area contributed by atoms with Crippen LogP contribution >= 0.6 is 0 Å². The molecule has 28 heavy (non-hydrogen) atoms. The van der Waals surface area contributed by atoms with Gasteiger partial charge in [-0.15, -0.1) is 0 Å². The van der Waals surface area contributed by atoms with Crippen LogP contribution in [0, 0.1) is 5.82 Å². The van der Waals surface area contributed by atoms with Gasteiger partial charge in [-0.25, -0.2) is 9.18 Å². The predicted octanol–water partition coefficient (Wildman–Crippen LogP) is 3.35. The van der Waals surface area contributed by atoms with Gasteiger partial charge in [-0.3, -0.25) is 9.36 Å². The molecule has 0 atom stereocenters. The van der Waals surface area contributed by atoms with E-state index in [1.54, 1.807) is 60.7 Å². The number of amides is 1. The molecule has 0 aliphatic heterocycles. The number of aromatic nitrogens is 2. The standard InChI is InChI=1S/C21H17FN4O2/c22-15-4-3-7-18-19(15)25-21(28)26(18)12-13-8-10-14(11-9-13)20(27)24-17-6-2-1-5-16(17)23/h1-11H,12,23H2,(H,24,27)(H,25,28). The van der Waals surface area contributed by atoms with E-state index in [1.165, 1.54) is 10.6 Å². The third-order valence-electron chi connectivity index (χ3n) is 4.53. The summed E-state index contributed by atoms with van der Waals surface area (Å²) < 4.78 is 15.3. The van der Waals surface area contributed by atoms with E-state index in [4.69, 9.17) is 5.73 Å². The third-order valence-corrected chi connectivity index (χ3v) is 4.53. The summed E-state index contributed by atoms with van der Waals surface area (Å²) in [5.41, 5.74) is 8.43. The van der Waals surface area contributed by atoms with Gasteiger partial charge < -0.3 is 16.0 Å². The van der Waals surface area contributed by atoms with Crippen LogP contribution in [0.15, 0.2) is 71.5 Å². The van der Waals surface area contributed by atoms with Gasteiger partial charge >= 0.3 is 5.69 Å². The molecule has 0 saturated carbocycles. The molecule has 1 amide bonds. The second kappa shape index (κ2) is 7.03. The zero-order valence-corrected chi connectivity index (χ0v) is 14.8. The van der Waals surface area contributed by atoms with Gasteiger partial charge in [-0.05, 0) is 42.0 Å². The topological polar surface area (TPSA) is 92.9 Å². The van der Waals surface area contributed by atoms with Crippen molar-refractivity contribution >= 4 is 28.3 Å². The molecule has 1 aromatic heterocycles. The van der Waals surface area contributed by atoms with Crippen molar-refractivity contribution in [3.63, 3.8) is 0 Å². The number of nitrogens with one attached hydrogen (secondary N) is 2. The first-order valence-electron chi connectivity index (χ1n) is 8.65. The van der Waals surface area contributed by atoms with Crippen LogP contribution in [0.1, 0.15) is 15.9 Å². The molecule has 1 heterocycles. The lowest BCUT2D eigenvalue weighted by Gasteiger charge is -2.09. The van der Waals surface area contributed by atoms with Gasteiger partial charge in [0.25, 0.3) is 5.91 Å². The van der Waals surface area contributed by atoms with E-state index < -0.39 is 5.82 Å². The fraction of sp³-hybridized carbons (Fsp3) is 0.0476. The summed E-state index contributed by atoms with van der Waals surface area (Å²) in [5.74, 6) is -0.753. The molecule has 0 fully saturated rings. The number of anilines is 2. The van der Waals surface area contributed by atoms with Crippen molar-refractivity contribution in [3.8, 4) is 0 Å². The number of carbonyl (C=O) groups excluding carboxylic acids is 1. The molecule has 6 nitrogen and oxygen atoms in total. The van der Waals surface area contributed by atoms with Crippen LogP contribution in [0.2, 0.25) is 0 Å². The molecule has 0 saturated heterocycles. The third kappa shape index (κ3) is 3.25. The average molecular weight is 376 g/mol. The molecule has 4 rings (SSSR count). The van der Waals surface area contributed by atoms with Crippen molar-refractivity contribution < 1.29 is 9.18 Å². The summed E-state index contributed by atoms with van der Waals surface area (Å²) in [7, 11) is 0. The Balaban J connectivity index is 1.55. The van der Waals surface area contributed by atoms with E-state index in [9.17, 15) is 14.0 Å². The summed E-state index contributed by atoms with van der Waals surface area (Å²) in [5, 5.41) is 2.77. The lowest BCUT2D eigenvalue weighted by molar-refractivity contribution is 0.102.